The molecule has 1 aromatic heterocycles. The van der Waals surface area contributed by atoms with Gasteiger partial charge in [0.05, 0.1) is 0 Å². The molecule has 0 spiro atoms. The third kappa shape index (κ3) is 4.89. The van der Waals surface area contributed by atoms with Crippen LogP contribution in [-0.2, 0) is 16.3 Å². The van der Waals surface area contributed by atoms with E-state index in [4.69, 9.17) is 4.74 Å². The van der Waals surface area contributed by atoms with E-state index in [1.165, 1.54) is 0 Å². The quantitative estimate of drug-likeness (QED) is 0.567. The van der Waals surface area contributed by atoms with Gasteiger partial charge < -0.3 is 4.74 Å². The maximum absolute atomic E-state index is 12.0. The lowest BCUT2D eigenvalue weighted by Crippen LogP contribution is -2.37. The molecule has 21 heavy (non-hydrogen) atoms. The number of ether oxygens (including phenoxy) is 1. The lowest BCUT2D eigenvalue weighted by molar-refractivity contribution is -0.119. The number of amides is 1. The lowest BCUT2D eigenvalue weighted by Gasteiger charge is -2.25. The van der Waals surface area contributed by atoms with Crippen LogP contribution in [0.3, 0.4) is 0 Å². The lowest BCUT2D eigenvalue weighted by atomic mass is 10.1. The summed E-state index contributed by atoms with van der Waals surface area (Å²) in [7, 11) is -1.09. The number of rotatable bonds is 6. The van der Waals surface area contributed by atoms with Crippen LogP contribution < -0.4 is 4.90 Å². The summed E-state index contributed by atoms with van der Waals surface area (Å²) in [5, 5.41) is 4.27. The number of piperidine rings is 1. The van der Waals surface area contributed by atoms with Crippen LogP contribution in [0.5, 0.6) is 0 Å². The van der Waals surface area contributed by atoms with Crippen LogP contribution in [0.2, 0.25) is 25.7 Å². The van der Waals surface area contributed by atoms with E-state index in [1.807, 2.05) is 0 Å². The zero-order valence-electron chi connectivity index (χ0n) is 12.9. The molecule has 0 bridgehead atoms. The highest BCUT2D eigenvalue weighted by Crippen LogP contribution is 2.21. The monoisotopic (exact) mass is 374 g/mol. The van der Waals surface area contributed by atoms with Gasteiger partial charge in [-0.1, -0.05) is 19.6 Å². The zero-order valence-corrected chi connectivity index (χ0v) is 15.5. The predicted molar refractivity (Wildman–Crippen MR) is 88.0 cm³/mol. The smallest absolute Gasteiger partial charge is 0.233 e. The van der Waals surface area contributed by atoms with Crippen LogP contribution in [-0.4, -0.2) is 41.9 Å². The van der Waals surface area contributed by atoms with Crippen molar-refractivity contribution < 1.29 is 9.53 Å². The average molecular weight is 375 g/mol. The van der Waals surface area contributed by atoms with E-state index in [1.54, 1.807) is 9.58 Å². The predicted octanol–water partition coefficient (Wildman–Crippen LogP) is 2.87. The largest absolute Gasteiger partial charge is 0.359 e. The van der Waals surface area contributed by atoms with E-state index in [0.29, 0.717) is 30.4 Å². The van der Waals surface area contributed by atoms with Crippen molar-refractivity contribution in [1.29, 1.82) is 0 Å². The molecule has 2 heterocycles. The summed E-state index contributed by atoms with van der Waals surface area (Å²) in [5.74, 6) is 0.698. The van der Waals surface area contributed by atoms with Crippen LogP contribution >= 0.6 is 15.9 Å². The molecule has 2 rings (SSSR count). The minimum Gasteiger partial charge on any atom is -0.359 e. The first-order chi connectivity index (χ1) is 9.87. The molecule has 8 heteroatoms. The summed E-state index contributed by atoms with van der Waals surface area (Å²) in [4.78, 5) is 18.0. The second-order valence-corrected chi connectivity index (χ2v) is 12.9. The van der Waals surface area contributed by atoms with E-state index in [2.05, 4.69) is 45.7 Å². The number of carbonyl (C=O) groups is 1. The van der Waals surface area contributed by atoms with Gasteiger partial charge >= 0.3 is 0 Å². The fraction of sp³-hybridized carbons (Fsp3) is 0.769. The zero-order chi connectivity index (χ0) is 15.5. The van der Waals surface area contributed by atoms with E-state index in [-0.39, 0.29) is 5.91 Å². The Morgan fingerprint density at radius 1 is 1.33 bits per heavy atom. The number of nitrogens with zero attached hydrogens (tertiary/aromatic N) is 4. The molecule has 0 unspecified atom stereocenters. The van der Waals surface area contributed by atoms with Crippen molar-refractivity contribution in [3.63, 3.8) is 0 Å². The first-order valence-electron chi connectivity index (χ1n) is 7.35. The molecule has 1 fully saturated rings. The number of anilines is 1. The van der Waals surface area contributed by atoms with E-state index < -0.39 is 8.07 Å². The number of hydrogen-bond donors (Lipinski definition) is 0. The van der Waals surface area contributed by atoms with Gasteiger partial charge in [-0.05, 0) is 34.8 Å². The Balaban J connectivity index is 1.98. The molecular formula is C13H23BrN4O2Si. The summed E-state index contributed by atoms with van der Waals surface area (Å²) >= 11 is 3.28. The summed E-state index contributed by atoms with van der Waals surface area (Å²) < 4.78 is 7.87. The normalized spacial score (nSPS) is 16.6. The van der Waals surface area contributed by atoms with Crippen LogP contribution in [0.4, 0.5) is 5.95 Å². The summed E-state index contributed by atoms with van der Waals surface area (Å²) in [6.45, 7) is 8.72. The number of carbonyl (C=O) groups excluding carboxylic acids is 1. The summed E-state index contributed by atoms with van der Waals surface area (Å²) in [6, 6.07) is 1.11. The molecule has 1 amide bonds. The second kappa shape index (κ2) is 7.02. The Morgan fingerprint density at radius 2 is 2.10 bits per heavy atom. The Labute approximate surface area is 135 Å². The average Bonchev–Trinajstić information content (AvgIpc) is 2.75. The molecule has 1 aliphatic rings. The minimum absolute atomic E-state index is 0.115. The van der Waals surface area contributed by atoms with Gasteiger partial charge in [-0.15, -0.1) is 5.10 Å². The maximum Gasteiger partial charge on any atom is 0.233 e. The standard InChI is InChI=1S/C13H23BrN4O2Si/c1-21(2,3)9-8-20-10-18-13(15-12(14)16-18)17-7-5-4-6-11(17)19/h4-10H2,1-3H3. The molecular weight excluding hydrogens is 352 g/mol. The van der Waals surface area contributed by atoms with Crippen molar-refractivity contribution in [2.45, 2.75) is 51.7 Å². The van der Waals surface area contributed by atoms with Crippen LogP contribution in [0, 0.1) is 0 Å². The highest BCUT2D eigenvalue weighted by atomic mass is 79.9. The molecule has 118 valence electrons. The molecule has 0 N–H and O–H groups in total. The molecule has 6 nitrogen and oxygen atoms in total. The third-order valence-corrected chi connectivity index (χ3v) is 5.44. The van der Waals surface area contributed by atoms with Crippen molar-refractivity contribution in [3.8, 4) is 0 Å². The minimum atomic E-state index is -1.09. The topological polar surface area (TPSA) is 60.2 Å². The van der Waals surface area contributed by atoms with Crippen molar-refractivity contribution in [2.24, 2.45) is 0 Å². The van der Waals surface area contributed by atoms with Gasteiger partial charge in [0, 0.05) is 27.6 Å². The molecule has 0 aromatic carbocycles. The fourth-order valence-electron chi connectivity index (χ4n) is 2.14. The SMILES string of the molecule is C[Si](C)(C)CCOCn1nc(Br)nc1N1CCCCC1=O. The summed E-state index contributed by atoms with van der Waals surface area (Å²) in [6.07, 6.45) is 2.55. The highest BCUT2D eigenvalue weighted by Gasteiger charge is 2.25. The highest BCUT2D eigenvalue weighted by molar-refractivity contribution is 9.10. The van der Waals surface area contributed by atoms with E-state index in [0.717, 1.165) is 25.5 Å². The van der Waals surface area contributed by atoms with E-state index >= 15 is 0 Å². The van der Waals surface area contributed by atoms with Gasteiger partial charge in [0.25, 0.3) is 0 Å². The molecule has 0 aliphatic carbocycles. The van der Waals surface area contributed by atoms with Crippen LogP contribution in [0.15, 0.2) is 4.73 Å². The first kappa shape index (κ1) is 16.6. The Bertz CT molecular complexity index is 501. The molecule has 1 saturated heterocycles. The Kier molecular flexibility index (Phi) is 5.56. The van der Waals surface area contributed by atoms with Crippen molar-refractivity contribution >= 4 is 35.9 Å². The number of halogens is 1. The molecule has 1 aliphatic heterocycles. The van der Waals surface area contributed by atoms with Crippen molar-refractivity contribution in [3.05, 3.63) is 4.73 Å². The van der Waals surface area contributed by atoms with Gasteiger partial charge in [-0.3, -0.25) is 9.69 Å². The number of aromatic nitrogens is 3. The fourth-order valence-corrected chi connectivity index (χ4v) is 3.25. The Hall–Kier alpha value is -0.733. The Morgan fingerprint density at radius 3 is 2.76 bits per heavy atom. The molecule has 0 atom stereocenters. The van der Waals surface area contributed by atoms with Crippen molar-refractivity contribution in [1.82, 2.24) is 14.8 Å². The van der Waals surface area contributed by atoms with Crippen LogP contribution in [0.25, 0.3) is 0 Å². The summed E-state index contributed by atoms with van der Waals surface area (Å²) in [5.41, 5.74) is 0. The third-order valence-electron chi connectivity index (χ3n) is 3.40. The van der Waals surface area contributed by atoms with Crippen molar-refractivity contribution in [2.75, 3.05) is 18.1 Å². The van der Waals surface area contributed by atoms with Gasteiger partial charge in [-0.2, -0.15) is 4.98 Å². The second-order valence-electron chi connectivity index (χ2n) is 6.53. The van der Waals surface area contributed by atoms with Gasteiger partial charge in [0.15, 0.2) is 0 Å². The van der Waals surface area contributed by atoms with Gasteiger partial charge in [0.2, 0.25) is 16.6 Å². The van der Waals surface area contributed by atoms with Crippen LogP contribution in [0.1, 0.15) is 19.3 Å². The van der Waals surface area contributed by atoms with E-state index in [9.17, 15) is 4.79 Å². The molecule has 1 aromatic rings. The molecule has 0 radical (unpaired) electrons. The number of hydrogen-bond acceptors (Lipinski definition) is 4. The molecule has 0 saturated carbocycles. The van der Waals surface area contributed by atoms with Gasteiger partial charge in [-0.25, -0.2) is 4.68 Å². The van der Waals surface area contributed by atoms with Gasteiger partial charge in [0.1, 0.15) is 6.73 Å². The maximum atomic E-state index is 12.0. The first-order valence-corrected chi connectivity index (χ1v) is 11.9.